The highest BCUT2D eigenvalue weighted by Gasteiger charge is 2.13. The molecule has 2 N–H and O–H groups in total. The molecule has 0 radical (unpaired) electrons. The molecule has 1 heterocycles. The van der Waals surface area contributed by atoms with Crippen LogP contribution in [-0.4, -0.2) is 17.1 Å². The van der Waals surface area contributed by atoms with Gasteiger partial charge in [-0.25, -0.2) is 0 Å². The zero-order valence-corrected chi connectivity index (χ0v) is 10.2. The van der Waals surface area contributed by atoms with Gasteiger partial charge in [0, 0.05) is 16.7 Å². The van der Waals surface area contributed by atoms with Gasteiger partial charge >= 0.3 is 0 Å². The van der Waals surface area contributed by atoms with Crippen molar-refractivity contribution in [2.75, 3.05) is 6.26 Å². The molecule has 1 aromatic carbocycles. The average Bonchev–Trinajstić information content (AvgIpc) is 2.38. The topological polar surface area (TPSA) is 56.0 Å². The van der Waals surface area contributed by atoms with E-state index in [1.807, 2.05) is 30.5 Å². The van der Waals surface area contributed by atoms with Crippen molar-refractivity contribution in [3.05, 3.63) is 48.2 Å². The third-order valence-corrected chi connectivity index (χ3v) is 3.23. The summed E-state index contributed by atoms with van der Waals surface area (Å²) in [6.07, 6.45) is 3.66. The van der Waals surface area contributed by atoms with Crippen LogP contribution in [0.15, 0.2) is 47.5 Å². The monoisotopic (exact) mass is 244 g/mol. The van der Waals surface area contributed by atoms with Gasteiger partial charge in [-0.15, -0.1) is 11.8 Å². The van der Waals surface area contributed by atoms with Gasteiger partial charge in [-0.05, 0) is 24.5 Å². The van der Waals surface area contributed by atoms with Crippen LogP contribution in [0.25, 0.3) is 11.3 Å². The summed E-state index contributed by atoms with van der Waals surface area (Å²) in [6.45, 7) is 0. The van der Waals surface area contributed by atoms with Gasteiger partial charge in [-0.2, -0.15) is 0 Å². The molecule has 0 saturated heterocycles. The number of benzene rings is 1. The Morgan fingerprint density at radius 2 is 2.00 bits per heavy atom. The lowest BCUT2D eigenvalue weighted by Crippen LogP contribution is -2.13. The first-order valence-electron chi connectivity index (χ1n) is 5.12. The number of thioether (sulfide) groups is 1. The quantitative estimate of drug-likeness (QED) is 0.844. The number of nitrogens with two attached hydrogens (primary N) is 1. The summed E-state index contributed by atoms with van der Waals surface area (Å²) in [5.74, 6) is -0.455. The normalized spacial score (nSPS) is 10.2. The van der Waals surface area contributed by atoms with Crippen LogP contribution in [0.2, 0.25) is 0 Å². The summed E-state index contributed by atoms with van der Waals surface area (Å²) in [5, 5.41) is 0. The Bertz CT molecular complexity index is 555. The van der Waals surface area contributed by atoms with Crippen molar-refractivity contribution < 1.29 is 4.79 Å². The van der Waals surface area contributed by atoms with E-state index in [2.05, 4.69) is 4.98 Å². The summed E-state index contributed by atoms with van der Waals surface area (Å²) in [4.78, 5) is 16.7. The van der Waals surface area contributed by atoms with Crippen LogP contribution in [-0.2, 0) is 0 Å². The number of carbonyl (C=O) groups excluding carboxylic acids is 1. The number of aromatic nitrogens is 1. The largest absolute Gasteiger partial charge is 0.366 e. The van der Waals surface area contributed by atoms with E-state index in [0.29, 0.717) is 11.3 Å². The molecule has 0 saturated carbocycles. The number of rotatable bonds is 3. The predicted octanol–water partition coefficient (Wildman–Crippen LogP) is 2.57. The Morgan fingerprint density at radius 1 is 1.24 bits per heavy atom. The van der Waals surface area contributed by atoms with Crippen molar-refractivity contribution in [1.82, 2.24) is 4.98 Å². The highest BCUT2D eigenvalue weighted by Crippen LogP contribution is 2.30. The highest BCUT2D eigenvalue weighted by molar-refractivity contribution is 7.98. The molecular formula is C13H12N2OS. The summed E-state index contributed by atoms with van der Waals surface area (Å²) < 4.78 is 0. The molecule has 2 aromatic rings. The number of nitrogens with zero attached hydrogens (tertiary/aromatic N) is 1. The second-order valence-electron chi connectivity index (χ2n) is 3.46. The lowest BCUT2D eigenvalue weighted by atomic mass is 10.1. The van der Waals surface area contributed by atoms with Gasteiger partial charge in [0.15, 0.2) is 0 Å². The molecule has 0 aliphatic heterocycles. The van der Waals surface area contributed by atoms with Crippen LogP contribution in [0.1, 0.15) is 10.4 Å². The van der Waals surface area contributed by atoms with Gasteiger partial charge < -0.3 is 5.73 Å². The number of carbonyl (C=O) groups is 1. The molecule has 0 unspecified atom stereocenters. The van der Waals surface area contributed by atoms with E-state index in [0.717, 1.165) is 10.5 Å². The van der Waals surface area contributed by atoms with Crippen LogP contribution < -0.4 is 5.73 Å². The zero-order valence-electron chi connectivity index (χ0n) is 9.38. The Kier molecular flexibility index (Phi) is 3.44. The van der Waals surface area contributed by atoms with E-state index in [-0.39, 0.29) is 0 Å². The van der Waals surface area contributed by atoms with Crippen molar-refractivity contribution in [2.45, 2.75) is 4.90 Å². The van der Waals surface area contributed by atoms with Crippen LogP contribution in [0, 0.1) is 0 Å². The van der Waals surface area contributed by atoms with Gasteiger partial charge in [0.1, 0.15) is 0 Å². The minimum absolute atomic E-state index is 0.453. The number of hydrogen-bond donors (Lipinski definition) is 1. The Labute approximate surface area is 104 Å². The minimum atomic E-state index is -0.455. The molecule has 86 valence electrons. The molecule has 0 aliphatic carbocycles. The maximum Gasteiger partial charge on any atom is 0.250 e. The zero-order chi connectivity index (χ0) is 12.3. The van der Waals surface area contributed by atoms with E-state index in [1.54, 1.807) is 30.1 Å². The van der Waals surface area contributed by atoms with E-state index in [9.17, 15) is 4.79 Å². The standard InChI is InChI=1S/C13H12N2OS/c1-17-11-7-3-2-5-9(11)12-10(13(14)16)6-4-8-15-12/h2-8H,1H3,(H2,14,16). The summed E-state index contributed by atoms with van der Waals surface area (Å²) in [6, 6.07) is 11.2. The van der Waals surface area contributed by atoms with Crippen LogP contribution in [0.4, 0.5) is 0 Å². The summed E-state index contributed by atoms with van der Waals surface area (Å²) in [5.41, 5.74) is 7.39. The van der Waals surface area contributed by atoms with Gasteiger partial charge in [0.05, 0.1) is 11.3 Å². The SMILES string of the molecule is CSc1ccccc1-c1ncccc1C(N)=O. The van der Waals surface area contributed by atoms with Gasteiger partial charge in [-0.1, -0.05) is 18.2 Å². The van der Waals surface area contributed by atoms with E-state index in [1.165, 1.54) is 0 Å². The first-order chi connectivity index (χ1) is 8.24. The van der Waals surface area contributed by atoms with E-state index < -0.39 is 5.91 Å². The van der Waals surface area contributed by atoms with Gasteiger partial charge in [-0.3, -0.25) is 9.78 Å². The van der Waals surface area contributed by atoms with Crippen molar-refractivity contribution >= 4 is 17.7 Å². The fourth-order valence-electron chi connectivity index (χ4n) is 1.66. The molecule has 3 nitrogen and oxygen atoms in total. The molecule has 1 amide bonds. The highest BCUT2D eigenvalue weighted by atomic mass is 32.2. The van der Waals surface area contributed by atoms with Crippen LogP contribution in [0.5, 0.6) is 0 Å². The third kappa shape index (κ3) is 2.31. The van der Waals surface area contributed by atoms with Crippen molar-refractivity contribution in [1.29, 1.82) is 0 Å². The van der Waals surface area contributed by atoms with Crippen molar-refractivity contribution in [2.24, 2.45) is 5.73 Å². The van der Waals surface area contributed by atoms with Crippen LogP contribution >= 0.6 is 11.8 Å². The maximum atomic E-state index is 11.4. The summed E-state index contributed by atoms with van der Waals surface area (Å²) >= 11 is 1.62. The lowest BCUT2D eigenvalue weighted by molar-refractivity contribution is 0.100. The van der Waals surface area contributed by atoms with Crippen molar-refractivity contribution in [3.8, 4) is 11.3 Å². The minimum Gasteiger partial charge on any atom is -0.366 e. The molecule has 4 heteroatoms. The van der Waals surface area contributed by atoms with E-state index in [4.69, 9.17) is 5.73 Å². The molecular weight excluding hydrogens is 232 g/mol. The van der Waals surface area contributed by atoms with Gasteiger partial charge in [0.25, 0.3) is 5.91 Å². The summed E-state index contributed by atoms with van der Waals surface area (Å²) in [7, 11) is 0. The smallest absolute Gasteiger partial charge is 0.250 e. The molecule has 2 rings (SSSR count). The Hall–Kier alpha value is -1.81. The first kappa shape index (κ1) is 11.7. The average molecular weight is 244 g/mol. The third-order valence-electron chi connectivity index (χ3n) is 2.44. The molecule has 0 bridgehead atoms. The van der Waals surface area contributed by atoms with E-state index >= 15 is 0 Å². The fraction of sp³-hybridized carbons (Fsp3) is 0.0769. The van der Waals surface area contributed by atoms with Crippen LogP contribution in [0.3, 0.4) is 0 Å². The molecule has 0 spiro atoms. The molecule has 17 heavy (non-hydrogen) atoms. The molecule has 0 fully saturated rings. The molecule has 1 aromatic heterocycles. The van der Waals surface area contributed by atoms with Crippen molar-refractivity contribution in [3.63, 3.8) is 0 Å². The molecule has 0 aliphatic rings. The second kappa shape index (κ2) is 5.01. The Balaban J connectivity index is 2.64. The Morgan fingerprint density at radius 3 is 2.71 bits per heavy atom. The first-order valence-corrected chi connectivity index (χ1v) is 6.34. The second-order valence-corrected chi connectivity index (χ2v) is 4.31. The number of amides is 1. The fourth-order valence-corrected chi connectivity index (χ4v) is 2.26. The number of pyridine rings is 1. The number of primary amides is 1. The predicted molar refractivity (Wildman–Crippen MR) is 70.0 cm³/mol. The lowest BCUT2D eigenvalue weighted by Gasteiger charge is -2.09. The molecule has 0 atom stereocenters. The maximum absolute atomic E-state index is 11.4. The van der Waals surface area contributed by atoms with Gasteiger partial charge in [0.2, 0.25) is 0 Å². The number of hydrogen-bond acceptors (Lipinski definition) is 3.